The van der Waals surface area contributed by atoms with Gasteiger partial charge in [-0.15, -0.1) is 6.58 Å². The van der Waals surface area contributed by atoms with Crippen LogP contribution in [-0.2, 0) is 0 Å². The highest BCUT2D eigenvalue weighted by Gasteiger charge is 2.25. The number of rotatable bonds is 8. The van der Waals surface area contributed by atoms with Crippen LogP contribution in [0.2, 0.25) is 5.02 Å². The Morgan fingerprint density at radius 2 is 1.44 bits per heavy atom. The van der Waals surface area contributed by atoms with Gasteiger partial charge in [0.1, 0.15) is 5.82 Å². The van der Waals surface area contributed by atoms with Crippen molar-refractivity contribution in [1.82, 2.24) is 0 Å². The molecule has 0 bridgehead atoms. The van der Waals surface area contributed by atoms with Crippen molar-refractivity contribution in [3.05, 3.63) is 47.3 Å². The van der Waals surface area contributed by atoms with Gasteiger partial charge < -0.3 is 0 Å². The van der Waals surface area contributed by atoms with Crippen molar-refractivity contribution in [3.63, 3.8) is 0 Å². The highest BCUT2D eigenvalue weighted by Crippen LogP contribution is 2.40. The average Bonchev–Trinajstić information content (AvgIpc) is 2.70. The van der Waals surface area contributed by atoms with Crippen molar-refractivity contribution < 1.29 is 4.39 Å². The number of allylic oxidation sites excluding steroid dienone is 1. The molecule has 2 aliphatic carbocycles. The smallest absolute Gasteiger partial charge is 0.141 e. The van der Waals surface area contributed by atoms with Crippen LogP contribution in [0.4, 0.5) is 4.39 Å². The third-order valence-corrected chi connectivity index (χ3v) is 7.52. The molecule has 2 heteroatoms. The normalized spacial score (nSPS) is 28.8. The van der Waals surface area contributed by atoms with E-state index < -0.39 is 0 Å². The summed E-state index contributed by atoms with van der Waals surface area (Å²) in [6, 6.07) is 5.30. The molecule has 0 unspecified atom stereocenters. The van der Waals surface area contributed by atoms with E-state index in [9.17, 15) is 4.39 Å². The van der Waals surface area contributed by atoms with Crippen molar-refractivity contribution in [2.24, 2.45) is 17.8 Å². The monoisotopic (exact) mass is 390 g/mol. The number of hydrogen-bond acceptors (Lipinski definition) is 0. The van der Waals surface area contributed by atoms with E-state index in [2.05, 4.69) is 12.7 Å². The molecule has 0 saturated heterocycles. The fourth-order valence-electron chi connectivity index (χ4n) is 5.38. The van der Waals surface area contributed by atoms with Crippen molar-refractivity contribution in [2.75, 3.05) is 0 Å². The SMILES string of the molecule is C=CCCCC1CCC(CCC2CCC(c3ccc(F)c(Cl)c3)CC2)CC1. The highest BCUT2D eigenvalue weighted by molar-refractivity contribution is 6.30. The van der Waals surface area contributed by atoms with Crippen LogP contribution in [0.5, 0.6) is 0 Å². The number of benzene rings is 1. The van der Waals surface area contributed by atoms with E-state index >= 15 is 0 Å². The Morgan fingerprint density at radius 1 is 0.889 bits per heavy atom. The van der Waals surface area contributed by atoms with Gasteiger partial charge in [-0.05, 0) is 79.9 Å². The minimum absolute atomic E-state index is 0.273. The van der Waals surface area contributed by atoms with Crippen LogP contribution in [0.15, 0.2) is 30.9 Å². The van der Waals surface area contributed by atoms with Crippen molar-refractivity contribution in [3.8, 4) is 0 Å². The summed E-state index contributed by atoms with van der Waals surface area (Å²) in [4.78, 5) is 0. The van der Waals surface area contributed by atoms with Crippen LogP contribution in [-0.4, -0.2) is 0 Å². The van der Waals surface area contributed by atoms with Crippen LogP contribution in [0.1, 0.15) is 95.0 Å². The first kappa shape index (κ1) is 20.9. The molecule has 0 aromatic heterocycles. The summed E-state index contributed by atoms with van der Waals surface area (Å²) < 4.78 is 13.4. The van der Waals surface area contributed by atoms with E-state index in [1.165, 1.54) is 95.1 Å². The van der Waals surface area contributed by atoms with Gasteiger partial charge in [-0.2, -0.15) is 0 Å². The first-order valence-corrected chi connectivity index (χ1v) is 11.6. The molecule has 1 aromatic rings. The number of unbranched alkanes of at least 4 members (excludes halogenated alkanes) is 1. The molecular formula is C25H36ClF. The maximum absolute atomic E-state index is 13.4. The van der Waals surface area contributed by atoms with Gasteiger partial charge in [0.25, 0.3) is 0 Å². The minimum Gasteiger partial charge on any atom is -0.205 e. The molecule has 0 nitrogen and oxygen atoms in total. The Labute approximate surface area is 170 Å². The molecule has 0 amide bonds. The van der Waals surface area contributed by atoms with Crippen molar-refractivity contribution >= 4 is 11.6 Å². The average molecular weight is 391 g/mol. The summed E-state index contributed by atoms with van der Waals surface area (Å²) >= 11 is 5.96. The van der Waals surface area contributed by atoms with Crippen LogP contribution in [0.3, 0.4) is 0 Å². The molecule has 0 N–H and O–H groups in total. The second-order valence-electron chi connectivity index (χ2n) is 9.07. The molecule has 0 radical (unpaired) electrons. The summed E-state index contributed by atoms with van der Waals surface area (Å²) in [6.45, 7) is 3.83. The maximum atomic E-state index is 13.4. The molecule has 0 heterocycles. The zero-order valence-electron chi connectivity index (χ0n) is 16.8. The molecule has 0 aliphatic heterocycles. The molecular weight excluding hydrogens is 355 g/mol. The van der Waals surface area contributed by atoms with Crippen LogP contribution in [0, 0.1) is 23.6 Å². The van der Waals surface area contributed by atoms with Gasteiger partial charge in [-0.1, -0.05) is 68.7 Å². The van der Waals surface area contributed by atoms with Gasteiger partial charge in [-0.25, -0.2) is 4.39 Å². The molecule has 27 heavy (non-hydrogen) atoms. The second kappa shape index (κ2) is 10.6. The summed E-state index contributed by atoms with van der Waals surface area (Å²) in [6.07, 6.45) is 19.8. The van der Waals surface area contributed by atoms with E-state index in [0.29, 0.717) is 5.92 Å². The lowest BCUT2D eigenvalue weighted by molar-refractivity contribution is 0.223. The third kappa shape index (κ3) is 6.34. The first-order valence-electron chi connectivity index (χ1n) is 11.2. The van der Waals surface area contributed by atoms with E-state index in [4.69, 9.17) is 11.6 Å². The Bertz CT molecular complexity index is 580. The van der Waals surface area contributed by atoms with Crippen LogP contribution < -0.4 is 0 Å². The molecule has 2 fully saturated rings. The zero-order chi connectivity index (χ0) is 19.1. The summed E-state index contributed by atoms with van der Waals surface area (Å²) in [5, 5.41) is 0.273. The quantitative estimate of drug-likeness (QED) is 0.307. The Balaban J connectivity index is 1.33. The zero-order valence-corrected chi connectivity index (χ0v) is 17.5. The molecule has 2 saturated carbocycles. The van der Waals surface area contributed by atoms with Gasteiger partial charge >= 0.3 is 0 Å². The van der Waals surface area contributed by atoms with E-state index in [-0.39, 0.29) is 10.8 Å². The van der Waals surface area contributed by atoms with Crippen molar-refractivity contribution in [2.45, 2.75) is 89.4 Å². The van der Waals surface area contributed by atoms with Crippen molar-refractivity contribution in [1.29, 1.82) is 0 Å². The molecule has 2 aliphatic rings. The summed E-state index contributed by atoms with van der Waals surface area (Å²) in [5.74, 6) is 3.14. The Morgan fingerprint density at radius 3 is 2.00 bits per heavy atom. The molecule has 1 aromatic carbocycles. The van der Waals surface area contributed by atoms with Gasteiger partial charge in [0.2, 0.25) is 0 Å². The van der Waals surface area contributed by atoms with Gasteiger partial charge in [-0.3, -0.25) is 0 Å². The van der Waals surface area contributed by atoms with Gasteiger partial charge in [0, 0.05) is 0 Å². The Hall–Kier alpha value is -0.820. The van der Waals surface area contributed by atoms with Gasteiger partial charge in [0.15, 0.2) is 0 Å². The fourth-order valence-corrected chi connectivity index (χ4v) is 5.57. The Kier molecular flexibility index (Phi) is 8.24. The van der Waals surface area contributed by atoms with Crippen LogP contribution in [0.25, 0.3) is 0 Å². The van der Waals surface area contributed by atoms with Gasteiger partial charge in [0.05, 0.1) is 5.02 Å². The first-order chi connectivity index (χ1) is 13.2. The standard InChI is InChI=1S/C25H36ClF/c1-2-3-4-5-19-6-8-20(9-7-19)10-11-21-12-14-22(15-13-21)23-16-17-25(27)24(26)18-23/h2,16-22H,1,3-15H2. The molecule has 3 rings (SSSR count). The molecule has 150 valence electrons. The lowest BCUT2D eigenvalue weighted by Crippen LogP contribution is -2.17. The van der Waals surface area contributed by atoms with E-state index in [1.54, 1.807) is 0 Å². The number of halogens is 2. The summed E-state index contributed by atoms with van der Waals surface area (Å²) in [5.41, 5.74) is 1.23. The minimum atomic E-state index is -0.301. The predicted molar refractivity (Wildman–Crippen MR) is 115 cm³/mol. The maximum Gasteiger partial charge on any atom is 0.141 e. The van der Waals surface area contributed by atoms with E-state index in [0.717, 1.165) is 17.8 Å². The fraction of sp³-hybridized carbons (Fsp3) is 0.680. The predicted octanol–water partition coefficient (Wildman–Crippen LogP) is 8.70. The highest BCUT2D eigenvalue weighted by atomic mass is 35.5. The third-order valence-electron chi connectivity index (χ3n) is 7.23. The molecule has 0 atom stereocenters. The lowest BCUT2D eigenvalue weighted by atomic mass is 9.74. The number of hydrogen-bond donors (Lipinski definition) is 0. The largest absolute Gasteiger partial charge is 0.205 e. The second-order valence-corrected chi connectivity index (χ2v) is 9.48. The molecule has 0 spiro atoms. The van der Waals surface area contributed by atoms with E-state index in [1.807, 2.05) is 12.1 Å². The summed E-state index contributed by atoms with van der Waals surface area (Å²) in [7, 11) is 0. The van der Waals surface area contributed by atoms with Crippen LogP contribution >= 0.6 is 11.6 Å². The lowest BCUT2D eigenvalue weighted by Gasteiger charge is -2.32. The topological polar surface area (TPSA) is 0 Å².